The van der Waals surface area contributed by atoms with E-state index in [9.17, 15) is 33.9 Å². The van der Waals surface area contributed by atoms with Gasteiger partial charge in [0.15, 0.2) is 0 Å². The molecule has 0 aromatic rings. The normalized spacial score (nSPS) is 13.3. The molecule has 21 heteroatoms. The highest BCUT2D eigenvalue weighted by Crippen LogP contribution is 2.18. The number of alkyl carbamates (subject to hydrolysis) is 2. The molecule has 0 aromatic carbocycles. The van der Waals surface area contributed by atoms with Gasteiger partial charge in [0.25, 0.3) is 0 Å². The fourth-order valence-corrected chi connectivity index (χ4v) is 7.23. The van der Waals surface area contributed by atoms with E-state index in [0.717, 1.165) is 95.7 Å². The molecule has 0 aliphatic carbocycles. The van der Waals surface area contributed by atoms with E-state index in [1.54, 1.807) is 7.05 Å². The molecular weight excluding hydrogens is 891 g/mol. The summed E-state index contributed by atoms with van der Waals surface area (Å²) in [6.45, 7) is 14.6. The van der Waals surface area contributed by atoms with Crippen molar-refractivity contribution in [2.45, 2.75) is 195 Å². The van der Waals surface area contributed by atoms with Crippen LogP contribution in [0.2, 0.25) is 0 Å². The lowest BCUT2D eigenvalue weighted by Gasteiger charge is -2.22. The van der Waals surface area contributed by atoms with Gasteiger partial charge in [-0.15, -0.1) is 5.53 Å². The Morgan fingerprint density at radius 3 is 1.86 bits per heavy atom. The fourth-order valence-electron chi connectivity index (χ4n) is 7.23. The highest BCUT2D eigenvalue weighted by atomic mass is 16.6. The number of nitrogens with one attached hydrogen (secondary N) is 6. The van der Waals surface area contributed by atoms with Crippen molar-refractivity contribution in [1.82, 2.24) is 42.2 Å². The molecule has 2 unspecified atom stereocenters. The van der Waals surface area contributed by atoms with Gasteiger partial charge in [-0.1, -0.05) is 73.6 Å². The van der Waals surface area contributed by atoms with Gasteiger partial charge in [-0.3, -0.25) is 24.2 Å². The minimum Gasteiger partial charge on any atom is -0.480 e. The molecular formula is C48H95N11O10. The second-order valence-corrected chi connectivity index (χ2v) is 17.0. The Morgan fingerprint density at radius 1 is 0.739 bits per heavy atom. The molecule has 0 aromatic heterocycles. The van der Waals surface area contributed by atoms with Crippen LogP contribution in [0, 0.1) is 5.92 Å². The van der Waals surface area contributed by atoms with Gasteiger partial charge < -0.3 is 62.9 Å². The van der Waals surface area contributed by atoms with Gasteiger partial charge in [0.2, 0.25) is 5.91 Å². The summed E-state index contributed by atoms with van der Waals surface area (Å²) < 4.78 is 10.3. The molecule has 14 N–H and O–H groups in total. The number of carbonyl (C=O) groups excluding carboxylic acids is 4. The SMILES string of the molecule is CC.CCCC(CC)NC(CCCCNC(=O)OCC1=CN(CCCCCC(=O)C(CCC)CCC)NN1)C(=O)O.CN[C@@H](CCCCNC(=O)OC/C(N)=C/N(N)CCCCCC(N)=O)C(=O)O. The van der Waals surface area contributed by atoms with Crippen molar-refractivity contribution >= 4 is 35.8 Å². The second-order valence-electron chi connectivity index (χ2n) is 17.0. The van der Waals surface area contributed by atoms with Crippen LogP contribution in [-0.2, 0) is 28.7 Å². The van der Waals surface area contributed by atoms with Crippen molar-refractivity contribution < 1.29 is 48.5 Å². The van der Waals surface area contributed by atoms with E-state index in [1.807, 2.05) is 25.1 Å². The third-order valence-corrected chi connectivity index (χ3v) is 11.0. The van der Waals surface area contributed by atoms with Crippen molar-refractivity contribution in [2.24, 2.45) is 23.2 Å². The Bertz CT molecular complexity index is 1450. The molecule has 402 valence electrons. The van der Waals surface area contributed by atoms with Crippen LogP contribution in [0.5, 0.6) is 0 Å². The number of primary amides is 1. The molecule has 0 saturated heterocycles. The molecule has 0 saturated carbocycles. The van der Waals surface area contributed by atoms with Gasteiger partial charge in [0.1, 0.15) is 31.1 Å². The number of carbonyl (C=O) groups is 6. The number of likely N-dealkylation sites (N-methyl/N-ethyl adjacent to an activating group) is 1. The van der Waals surface area contributed by atoms with Gasteiger partial charge in [-0.25, -0.2) is 15.4 Å². The van der Waals surface area contributed by atoms with E-state index in [1.165, 1.54) is 11.2 Å². The molecule has 0 fully saturated rings. The highest BCUT2D eigenvalue weighted by molar-refractivity contribution is 5.80. The van der Waals surface area contributed by atoms with Crippen molar-refractivity contribution in [3.8, 4) is 0 Å². The Hall–Kier alpha value is -4.86. The summed E-state index contributed by atoms with van der Waals surface area (Å²) >= 11 is 0. The lowest BCUT2D eigenvalue weighted by molar-refractivity contribution is -0.140. The summed E-state index contributed by atoms with van der Waals surface area (Å²) in [5, 5.41) is 33.0. The summed E-state index contributed by atoms with van der Waals surface area (Å²) in [5.41, 5.74) is 17.9. The summed E-state index contributed by atoms with van der Waals surface area (Å²) in [6, 6.07) is -0.924. The zero-order chi connectivity index (χ0) is 52.2. The van der Waals surface area contributed by atoms with E-state index in [2.05, 4.69) is 59.9 Å². The minimum absolute atomic E-state index is 0.0952. The lowest BCUT2D eigenvalue weighted by Crippen LogP contribution is -2.43. The number of ketones is 1. The zero-order valence-electron chi connectivity index (χ0n) is 43.3. The maximum absolute atomic E-state index is 12.4. The maximum atomic E-state index is 12.4. The summed E-state index contributed by atoms with van der Waals surface area (Å²) in [6.07, 6.45) is 19.3. The minimum atomic E-state index is -0.892. The van der Waals surface area contributed by atoms with Crippen molar-refractivity contribution in [3.63, 3.8) is 0 Å². The monoisotopic (exact) mass is 986 g/mol. The number of nitrogens with two attached hydrogens (primary N) is 3. The molecule has 0 radical (unpaired) electrons. The number of ether oxygens (including phenoxy) is 2. The third kappa shape index (κ3) is 37.7. The molecule has 1 aliphatic heterocycles. The van der Waals surface area contributed by atoms with Gasteiger partial charge in [0, 0.05) is 63.4 Å². The average molecular weight is 986 g/mol. The van der Waals surface area contributed by atoms with Gasteiger partial charge >= 0.3 is 24.1 Å². The maximum Gasteiger partial charge on any atom is 0.407 e. The van der Waals surface area contributed by atoms with E-state index < -0.39 is 36.2 Å². The van der Waals surface area contributed by atoms with Crippen LogP contribution >= 0.6 is 0 Å². The Morgan fingerprint density at radius 2 is 1.30 bits per heavy atom. The predicted octanol–water partition coefficient (Wildman–Crippen LogP) is 5.62. The first-order valence-corrected chi connectivity index (χ1v) is 25.6. The number of carboxylic acid groups (broad SMARTS) is 2. The molecule has 1 rings (SSSR count). The van der Waals surface area contributed by atoms with Crippen LogP contribution in [0.25, 0.3) is 0 Å². The largest absolute Gasteiger partial charge is 0.480 e. The number of nitrogens with zero attached hydrogens (tertiary/aromatic N) is 2. The Labute approximate surface area is 413 Å². The number of Topliss-reactive ketones (excluding diaryl/α,β-unsaturated/α-hetero) is 1. The molecule has 0 spiro atoms. The molecule has 3 atom stereocenters. The Kier molecular flexibility index (Phi) is 42.6. The van der Waals surface area contributed by atoms with Crippen LogP contribution in [-0.4, -0.2) is 121 Å². The van der Waals surface area contributed by atoms with E-state index in [4.69, 9.17) is 31.9 Å². The van der Waals surface area contributed by atoms with Crippen molar-refractivity contribution in [2.75, 3.05) is 46.4 Å². The average Bonchev–Trinajstić information content (AvgIpc) is 3.78. The molecule has 1 heterocycles. The molecule has 21 nitrogen and oxygen atoms in total. The van der Waals surface area contributed by atoms with Crippen LogP contribution < -0.4 is 49.5 Å². The number of rotatable bonds is 40. The Balaban J connectivity index is 0. The van der Waals surface area contributed by atoms with Crippen molar-refractivity contribution in [1.29, 1.82) is 0 Å². The van der Waals surface area contributed by atoms with Crippen LogP contribution in [0.4, 0.5) is 9.59 Å². The van der Waals surface area contributed by atoms with Crippen LogP contribution in [0.3, 0.4) is 0 Å². The highest BCUT2D eigenvalue weighted by Gasteiger charge is 2.21. The number of unbranched alkanes of at least 4 members (excludes halogenated alkanes) is 6. The quantitative estimate of drug-likeness (QED) is 0.0202. The standard InChI is InChI=1S/C29H55N5O5.C17H34N6O5.C2H6/c1-5-14-23(15-6-2)27(35)18-10-9-13-20-34-21-25(32-33-34)22-39-29(38)30-19-12-11-17-26(28(36)37)31-24(8-4)16-7-3;1-21-14(16(25)26)7-4-5-9-22-17(27)28-12-13(18)11-23(20)10-6-2-3-8-15(19)24;1-2/h21,23-24,26,31-33H,5-20,22H2,1-4H3,(H,30,38)(H,36,37);11,14,21H,2-10,12,18,20H2,1H3,(H2,19,24)(H,22,27)(H,25,26);1-2H3/b;13-11-;/t;14-;/m.0./s1. The number of hydrazine groups is 3. The van der Waals surface area contributed by atoms with E-state index >= 15 is 0 Å². The molecule has 1 aliphatic rings. The topological polar surface area (TPSA) is 318 Å². The molecule has 0 bridgehead atoms. The van der Waals surface area contributed by atoms with E-state index in [-0.39, 0.29) is 31.1 Å². The first-order chi connectivity index (χ1) is 33.1. The first kappa shape index (κ1) is 66.2. The lowest BCUT2D eigenvalue weighted by atomic mass is 9.91. The molecule has 69 heavy (non-hydrogen) atoms. The van der Waals surface area contributed by atoms with Crippen LogP contribution in [0.15, 0.2) is 23.8 Å². The number of amides is 3. The predicted molar refractivity (Wildman–Crippen MR) is 270 cm³/mol. The number of carboxylic acids is 2. The molecule has 3 amide bonds. The smallest absolute Gasteiger partial charge is 0.407 e. The van der Waals surface area contributed by atoms with Gasteiger partial charge in [-0.05, 0) is 96.9 Å². The zero-order valence-corrected chi connectivity index (χ0v) is 43.3. The van der Waals surface area contributed by atoms with Crippen molar-refractivity contribution in [3.05, 3.63) is 23.8 Å². The number of hydrogen-bond donors (Lipinski definition) is 11. The second kappa shape index (κ2) is 44.4. The fraction of sp³-hybridized carbons (Fsp3) is 0.792. The summed E-state index contributed by atoms with van der Waals surface area (Å²) in [4.78, 5) is 69.0. The van der Waals surface area contributed by atoms with Crippen LogP contribution in [0.1, 0.15) is 176 Å². The third-order valence-electron chi connectivity index (χ3n) is 11.0. The number of hydrogen-bond acceptors (Lipinski definition) is 16. The number of aliphatic carboxylic acids is 2. The summed E-state index contributed by atoms with van der Waals surface area (Å²) in [5.74, 6) is 4.41. The first-order valence-electron chi connectivity index (χ1n) is 25.6. The summed E-state index contributed by atoms with van der Waals surface area (Å²) in [7, 11) is 1.60. The van der Waals surface area contributed by atoms with Gasteiger partial charge in [0.05, 0.1) is 11.4 Å². The van der Waals surface area contributed by atoms with Gasteiger partial charge in [-0.2, -0.15) is 0 Å². The van der Waals surface area contributed by atoms with E-state index in [0.29, 0.717) is 82.5 Å².